The summed E-state index contributed by atoms with van der Waals surface area (Å²) < 4.78 is 10.6. The van der Waals surface area contributed by atoms with Crippen molar-refractivity contribution in [1.29, 1.82) is 5.26 Å². The summed E-state index contributed by atoms with van der Waals surface area (Å²) in [6.45, 7) is 8.12. The van der Waals surface area contributed by atoms with Gasteiger partial charge in [0, 0.05) is 5.56 Å². The molecule has 24 heavy (non-hydrogen) atoms. The summed E-state index contributed by atoms with van der Waals surface area (Å²) >= 11 is 0. The monoisotopic (exact) mass is 325 g/mol. The van der Waals surface area contributed by atoms with Crippen LogP contribution in [-0.2, 0) is 0 Å². The SMILES string of the molecule is COc1nc(OC)c(C(C)C)c(C(C#N)c2cc(C)cc(C)c2)n1. The number of benzene rings is 1. The molecule has 0 bridgehead atoms. The number of hydrogen-bond donors (Lipinski definition) is 0. The van der Waals surface area contributed by atoms with E-state index in [0.29, 0.717) is 11.6 Å². The van der Waals surface area contributed by atoms with Gasteiger partial charge in [0.1, 0.15) is 5.92 Å². The van der Waals surface area contributed by atoms with Crippen molar-refractivity contribution in [2.45, 2.75) is 39.5 Å². The Hall–Kier alpha value is -2.61. The number of nitrogens with zero attached hydrogens (tertiary/aromatic N) is 3. The average molecular weight is 325 g/mol. The van der Waals surface area contributed by atoms with Gasteiger partial charge in [-0.05, 0) is 25.3 Å². The maximum absolute atomic E-state index is 9.86. The molecule has 126 valence electrons. The van der Waals surface area contributed by atoms with Crippen LogP contribution >= 0.6 is 0 Å². The van der Waals surface area contributed by atoms with Crippen molar-refractivity contribution in [3.63, 3.8) is 0 Å². The second-order valence-corrected chi connectivity index (χ2v) is 6.16. The van der Waals surface area contributed by atoms with Gasteiger partial charge in [-0.1, -0.05) is 43.2 Å². The molecule has 0 aliphatic heterocycles. The number of ether oxygens (including phenoxy) is 2. The smallest absolute Gasteiger partial charge is 0.319 e. The second kappa shape index (κ2) is 7.31. The molecule has 5 nitrogen and oxygen atoms in total. The third kappa shape index (κ3) is 3.48. The Bertz CT molecular complexity index is 759. The first kappa shape index (κ1) is 17.7. The van der Waals surface area contributed by atoms with Crippen molar-refractivity contribution in [3.8, 4) is 18.0 Å². The normalized spacial score (nSPS) is 11.9. The average Bonchev–Trinajstić information content (AvgIpc) is 2.53. The number of nitriles is 1. The lowest BCUT2D eigenvalue weighted by Crippen LogP contribution is -2.12. The number of hydrogen-bond acceptors (Lipinski definition) is 5. The topological polar surface area (TPSA) is 68.0 Å². The van der Waals surface area contributed by atoms with Gasteiger partial charge in [0.25, 0.3) is 0 Å². The van der Waals surface area contributed by atoms with E-state index >= 15 is 0 Å². The van der Waals surface area contributed by atoms with E-state index in [2.05, 4.69) is 22.1 Å². The summed E-state index contributed by atoms with van der Waals surface area (Å²) in [7, 11) is 3.07. The molecule has 1 aromatic carbocycles. The molecule has 1 aromatic heterocycles. The van der Waals surface area contributed by atoms with Crippen LogP contribution < -0.4 is 9.47 Å². The highest BCUT2D eigenvalue weighted by Gasteiger charge is 2.26. The van der Waals surface area contributed by atoms with Gasteiger partial charge in [-0.2, -0.15) is 15.2 Å². The van der Waals surface area contributed by atoms with Crippen LogP contribution in [0.1, 0.15) is 53.6 Å². The van der Waals surface area contributed by atoms with Crippen LogP contribution in [0, 0.1) is 25.2 Å². The Labute approximate surface area is 143 Å². The molecule has 0 saturated carbocycles. The fourth-order valence-corrected chi connectivity index (χ4v) is 2.92. The molecule has 2 aromatic rings. The van der Waals surface area contributed by atoms with Crippen LogP contribution in [0.2, 0.25) is 0 Å². The predicted octanol–water partition coefficient (Wildman–Crippen LogP) is 3.89. The highest BCUT2D eigenvalue weighted by molar-refractivity contribution is 5.46. The molecule has 0 saturated heterocycles. The van der Waals surface area contributed by atoms with Gasteiger partial charge in [-0.15, -0.1) is 0 Å². The van der Waals surface area contributed by atoms with Crippen LogP contribution in [-0.4, -0.2) is 24.2 Å². The highest BCUT2D eigenvalue weighted by atomic mass is 16.5. The van der Waals surface area contributed by atoms with Crippen LogP contribution in [0.25, 0.3) is 0 Å². The Morgan fingerprint density at radius 1 is 1.00 bits per heavy atom. The molecular weight excluding hydrogens is 302 g/mol. The van der Waals surface area contributed by atoms with Crippen molar-refractivity contribution in [2.24, 2.45) is 0 Å². The zero-order valence-corrected chi connectivity index (χ0v) is 15.0. The van der Waals surface area contributed by atoms with Crippen molar-refractivity contribution in [3.05, 3.63) is 46.1 Å². The van der Waals surface area contributed by atoms with Crippen molar-refractivity contribution in [2.75, 3.05) is 14.2 Å². The summed E-state index contributed by atoms with van der Waals surface area (Å²) in [6.07, 6.45) is 0. The van der Waals surface area contributed by atoms with E-state index < -0.39 is 5.92 Å². The van der Waals surface area contributed by atoms with Gasteiger partial charge in [0.2, 0.25) is 5.88 Å². The summed E-state index contributed by atoms with van der Waals surface area (Å²) in [5.74, 6) is 0.0610. The first-order valence-corrected chi connectivity index (χ1v) is 7.88. The van der Waals surface area contributed by atoms with Gasteiger partial charge in [-0.25, -0.2) is 0 Å². The van der Waals surface area contributed by atoms with E-state index in [-0.39, 0.29) is 11.9 Å². The maximum atomic E-state index is 9.86. The zero-order chi connectivity index (χ0) is 17.9. The quantitative estimate of drug-likeness (QED) is 0.834. The lowest BCUT2D eigenvalue weighted by Gasteiger charge is -2.20. The Morgan fingerprint density at radius 2 is 1.62 bits per heavy atom. The molecule has 1 heterocycles. The first-order chi connectivity index (χ1) is 11.4. The molecule has 2 rings (SSSR count). The Balaban J connectivity index is 2.73. The van der Waals surface area contributed by atoms with Crippen molar-refractivity contribution < 1.29 is 9.47 Å². The number of aryl methyl sites for hydroxylation is 2. The molecular formula is C19H23N3O2. The van der Waals surface area contributed by atoms with Gasteiger partial charge in [0.05, 0.1) is 26.0 Å². The second-order valence-electron chi connectivity index (χ2n) is 6.16. The standard InChI is InChI=1S/C19H23N3O2/c1-11(2)16-17(21-19(24-6)22-18(16)23-5)15(10-20)14-8-12(3)7-13(4)9-14/h7-9,11,15H,1-6H3. The molecule has 5 heteroatoms. The van der Waals surface area contributed by atoms with Crippen LogP contribution in [0.3, 0.4) is 0 Å². The predicted molar refractivity (Wildman–Crippen MR) is 92.6 cm³/mol. The lowest BCUT2D eigenvalue weighted by atomic mass is 9.88. The molecule has 0 N–H and O–H groups in total. The van der Waals surface area contributed by atoms with E-state index in [4.69, 9.17) is 9.47 Å². The molecule has 0 amide bonds. The van der Waals surface area contributed by atoms with Gasteiger partial charge >= 0.3 is 6.01 Å². The molecule has 0 spiro atoms. The largest absolute Gasteiger partial charge is 0.481 e. The van der Waals surface area contributed by atoms with E-state index in [0.717, 1.165) is 22.3 Å². The molecule has 1 atom stereocenters. The summed E-state index contributed by atoms with van der Waals surface area (Å²) in [6, 6.07) is 8.72. The summed E-state index contributed by atoms with van der Waals surface area (Å²) in [5, 5.41) is 9.86. The lowest BCUT2D eigenvalue weighted by molar-refractivity contribution is 0.345. The fraction of sp³-hybridized carbons (Fsp3) is 0.421. The number of rotatable bonds is 5. The first-order valence-electron chi connectivity index (χ1n) is 7.88. The number of methoxy groups -OCH3 is 2. The molecule has 0 aliphatic rings. The summed E-state index contributed by atoms with van der Waals surface area (Å²) in [4.78, 5) is 8.76. The Kier molecular flexibility index (Phi) is 5.40. The summed E-state index contributed by atoms with van der Waals surface area (Å²) in [5.41, 5.74) is 4.62. The fourth-order valence-electron chi connectivity index (χ4n) is 2.92. The zero-order valence-electron chi connectivity index (χ0n) is 15.0. The molecule has 0 radical (unpaired) electrons. The van der Waals surface area contributed by atoms with Crippen molar-refractivity contribution in [1.82, 2.24) is 9.97 Å². The minimum absolute atomic E-state index is 0.114. The highest BCUT2D eigenvalue weighted by Crippen LogP contribution is 2.36. The van der Waals surface area contributed by atoms with E-state index in [1.165, 1.54) is 7.11 Å². The third-order valence-electron chi connectivity index (χ3n) is 3.85. The van der Waals surface area contributed by atoms with Crippen molar-refractivity contribution >= 4 is 0 Å². The van der Waals surface area contributed by atoms with Crippen LogP contribution in [0.4, 0.5) is 0 Å². The van der Waals surface area contributed by atoms with E-state index in [9.17, 15) is 5.26 Å². The van der Waals surface area contributed by atoms with Gasteiger partial charge in [0.15, 0.2) is 0 Å². The van der Waals surface area contributed by atoms with Crippen LogP contribution in [0.5, 0.6) is 11.9 Å². The number of aromatic nitrogens is 2. The van der Waals surface area contributed by atoms with E-state index in [1.807, 2.05) is 39.8 Å². The molecule has 0 fully saturated rings. The van der Waals surface area contributed by atoms with Gasteiger partial charge in [-0.3, -0.25) is 0 Å². The van der Waals surface area contributed by atoms with Gasteiger partial charge < -0.3 is 9.47 Å². The minimum atomic E-state index is -0.508. The minimum Gasteiger partial charge on any atom is -0.481 e. The maximum Gasteiger partial charge on any atom is 0.319 e. The molecule has 0 aliphatic carbocycles. The Morgan fingerprint density at radius 3 is 2.08 bits per heavy atom. The van der Waals surface area contributed by atoms with E-state index in [1.54, 1.807) is 7.11 Å². The molecule has 1 unspecified atom stereocenters. The third-order valence-corrected chi connectivity index (χ3v) is 3.85. The van der Waals surface area contributed by atoms with Crippen LogP contribution in [0.15, 0.2) is 18.2 Å².